The minimum Gasteiger partial charge on any atom is -0.383 e. The maximum absolute atomic E-state index is 12.1. The average molecular weight is 407 g/mol. The number of para-hydroxylation sites is 1. The van der Waals surface area contributed by atoms with E-state index in [9.17, 15) is 9.59 Å². The molecule has 1 aromatic carbocycles. The molecule has 1 aliphatic rings. The lowest BCUT2D eigenvalue weighted by Gasteiger charge is -2.34. The van der Waals surface area contributed by atoms with Gasteiger partial charge in [-0.25, -0.2) is 0 Å². The highest BCUT2D eigenvalue weighted by atomic mass is 35.5. The van der Waals surface area contributed by atoms with Crippen molar-refractivity contribution in [2.75, 3.05) is 64.8 Å². The number of hydrogen-bond donors (Lipinski definition) is 2. The number of rotatable bonds is 8. The standard InChI is InChI=1S/C17H26N4O3.2ClH/c1-24-12-7-18-13-17(23)21-10-8-20(9-11-21)14-16(22)19-15-5-3-2-4-6-15;;/h2-6,18H,7-14H2,1H3,(H,19,22);2*1H. The number of carbonyl (C=O) groups is 2. The zero-order chi connectivity index (χ0) is 17.2. The third-order valence-electron chi connectivity index (χ3n) is 3.91. The molecule has 0 saturated carbocycles. The normalized spacial score (nSPS) is 14.1. The molecule has 1 fully saturated rings. The van der Waals surface area contributed by atoms with Gasteiger partial charge in [0.05, 0.1) is 19.7 Å². The maximum Gasteiger partial charge on any atom is 0.238 e. The number of hydrogen-bond acceptors (Lipinski definition) is 5. The smallest absolute Gasteiger partial charge is 0.238 e. The summed E-state index contributed by atoms with van der Waals surface area (Å²) in [7, 11) is 1.64. The van der Waals surface area contributed by atoms with Crippen LogP contribution in [0.2, 0.25) is 0 Å². The fourth-order valence-corrected chi connectivity index (χ4v) is 2.56. The van der Waals surface area contributed by atoms with Gasteiger partial charge in [0.2, 0.25) is 11.8 Å². The molecular formula is C17H28Cl2N4O3. The van der Waals surface area contributed by atoms with E-state index in [0.717, 1.165) is 5.69 Å². The largest absolute Gasteiger partial charge is 0.383 e. The third-order valence-corrected chi connectivity index (χ3v) is 3.91. The summed E-state index contributed by atoms with van der Waals surface area (Å²) in [5.74, 6) is 0.0710. The Labute approximate surface area is 167 Å². The summed E-state index contributed by atoms with van der Waals surface area (Å²) in [6, 6.07) is 9.42. The number of carbonyl (C=O) groups excluding carboxylic acids is 2. The van der Waals surface area contributed by atoms with Crippen LogP contribution in [0.3, 0.4) is 0 Å². The summed E-state index contributed by atoms with van der Waals surface area (Å²) in [6.07, 6.45) is 0. The lowest BCUT2D eigenvalue weighted by molar-refractivity contribution is -0.132. The molecule has 0 spiro atoms. The highest BCUT2D eigenvalue weighted by Crippen LogP contribution is 2.06. The van der Waals surface area contributed by atoms with Gasteiger partial charge in [-0.1, -0.05) is 18.2 Å². The summed E-state index contributed by atoms with van der Waals surface area (Å²) in [4.78, 5) is 28.0. The van der Waals surface area contributed by atoms with Crippen LogP contribution >= 0.6 is 24.8 Å². The van der Waals surface area contributed by atoms with Gasteiger partial charge in [-0.3, -0.25) is 14.5 Å². The van der Waals surface area contributed by atoms with Crippen molar-refractivity contribution in [3.05, 3.63) is 30.3 Å². The van der Waals surface area contributed by atoms with Gasteiger partial charge in [-0.15, -0.1) is 24.8 Å². The van der Waals surface area contributed by atoms with E-state index in [1.54, 1.807) is 7.11 Å². The first-order chi connectivity index (χ1) is 11.7. The molecule has 9 heteroatoms. The van der Waals surface area contributed by atoms with E-state index >= 15 is 0 Å². The monoisotopic (exact) mass is 406 g/mol. The minimum absolute atomic E-state index is 0. The van der Waals surface area contributed by atoms with Gasteiger partial charge in [0, 0.05) is 45.5 Å². The Bertz CT molecular complexity index is 526. The van der Waals surface area contributed by atoms with E-state index in [1.165, 1.54) is 0 Å². The predicted octanol–water partition coefficient (Wildman–Crippen LogP) is 0.849. The fourth-order valence-electron chi connectivity index (χ4n) is 2.56. The van der Waals surface area contributed by atoms with Crippen LogP contribution in [0.4, 0.5) is 5.69 Å². The molecule has 2 N–H and O–H groups in total. The second kappa shape index (κ2) is 13.8. The molecule has 148 valence electrons. The molecule has 0 atom stereocenters. The van der Waals surface area contributed by atoms with E-state index in [4.69, 9.17) is 4.74 Å². The van der Waals surface area contributed by atoms with Gasteiger partial charge >= 0.3 is 0 Å². The van der Waals surface area contributed by atoms with Crippen LogP contribution in [0.1, 0.15) is 0 Å². The Kier molecular flexibility index (Phi) is 13.0. The van der Waals surface area contributed by atoms with E-state index in [0.29, 0.717) is 52.4 Å². The lowest BCUT2D eigenvalue weighted by atomic mass is 10.3. The number of nitrogens with zero attached hydrogens (tertiary/aromatic N) is 2. The topological polar surface area (TPSA) is 73.9 Å². The molecular weight excluding hydrogens is 379 g/mol. The number of benzene rings is 1. The van der Waals surface area contributed by atoms with E-state index in [2.05, 4.69) is 15.5 Å². The summed E-state index contributed by atoms with van der Waals surface area (Å²) in [5, 5.41) is 5.94. The Morgan fingerprint density at radius 3 is 2.35 bits per heavy atom. The van der Waals surface area contributed by atoms with Crippen molar-refractivity contribution < 1.29 is 14.3 Å². The third kappa shape index (κ3) is 8.82. The van der Waals surface area contributed by atoms with Crippen LogP contribution in [0.25, 0.3) is 0 Å². The fraction of sp³-hybridized carbons (Fsp3) is 0.529. The number of amides is 2. The van der Waals surface area contributed by atoms with Gasteiger partial charge in [0.15, 0.2) is 0 Å². The molecule has 1 heterocycles. The highest BCUT2D eigenvalue weighted by molar-refractivity contribution is 5.92. The zero-order valence-corrected chi connectivity index (χ0v) is 16.6. The molecule has 1 aliphatic heterocycles. The van der Waals surface area contributed by atoms with Gasteiger partial charge in [-0.05, 0) is 12.1 Å². The molecule has 2 amide bonds. The van der Waals surface area contributed by atoms with E-state index in [1.807, 2.05) is 35.2 Å². The van der Waals surface area contributed by atoms with Gasteiger partial charge in [-0.2, -0.15) is 0 Å². The number of ether oxygens (including phenoxy) is 1. The number of piperazine rings is 1. The highest BCUT2D eigenvalue weighted by Gasteiger charge is 2.22. The quantitative estimate of drug-likeness (QED) is 0.626. The Balaban J connectivity index is 0.00000312. The molecule has 7 nitrogen and oxygen atoms in total. The molecule has 2 rings (SSSR count). The maximum atomic E-state index is 12.1. The van der Waals surface area contributed by atoms with Crippen molar-refractivity contribution >= 4 is 42.3 Å². The first-order valence-corrected chi connectivity index (χ1v) is 8.23. The Hall–Kier alpha value is -1.38. The molecule has 0 bridgehead atoms. The van der Waals surface area contributed by atoms with Crippen LogP contribution in [0.5, 0.6) is 0 Å². The van der Waals surface area contributed by atoms with Crippen LogP contribution in [-0.2, 0) is 14.3 Å². The lowest BCUT2D eigenvalue weighted by Crippen LogP contribution is -2.52. The Morgan fingerprint density at radius 2 is 1.73 bits per heavy atom. The van der Waals surface area contributed by atoms with Gasteiger partial charge < -0.3 is 20.3 Å². The van der Waals surface area contributed by atoms with Crippen LogP contribution < -0.4 is 10.6 Å². The SMILES string of the molecule is COCCNCC(=O)N1CCN(CC(=O)Nc2ccccc2)CC1.Cl.Cl. The van der Waals surface area contributed by atoms with Crippen LogP contribution in [0.15, 0.2) is 30.3 Å². The Morgan fingerprint density at radius 1 is 1.08 bits per heavy atom. The summed E-state index contributed by atoms with van der Waals surface area (Å²) < 4.78 is 4.93. The predicted molar refractivity (Wildman–Crippen MR) is 107 cm³/mol. The van der Waals surface area contributed by atoms with Gasteiger partial charge in [0.25, 0.3) is 0 Å². The van der Waals surface area contributed by atoms with Crippen molar-refractivity contribution in [2.45, 2.75) is 0 Å². The molecule has 0 unspecified atom stereocenters. The first-order valence-electron chi connectivity index (χ1n) is 8.23. The summed E-state index contributed by atoms with van der Waals surface area (Å²) in [6.45, 7) is 4.69. The number of nitrogens with one attached hydrogen (secondary N) is 2. The molecule has 1 saturated heterocycles. The number of anilines is 1. The van der Waals surface area contributed by atoms with Crippen LogP contribution in [0, 0.1) is 0 Å². The second-order valence-corrected chi connectivity index (χ2v) is 5.74. The van der Waals surface area contributed by atoms with Crippen molar-refractivity contribution in [2.24, 2.45) is 0 Å². The second-order valence-electron chi connectivity index (χ2n) is 5.74. The molecule has 0 aromatic heterocycles. The van der Waals surface area contributed by atoms with Crippen molar-refractivity contribution in [1.82, 2.24) is 15.1 Å². The summed E-state index contributed by atoms with van der Waals surface area (Å²) >= 11 is 0. The molecule has 1 aromatic rings. The van der Waals surface area contributed by atoms with Crippen molar-refractivity contribution in [1.29, 1.82) is 0 Å². The first kappa shape index (κ1) is 24.6. The summed E-state index contributed by atoms with van der Waals surface area (Å²) in [5.41, 5.74) is 0.804. The number of halogens is 2. The average Bonchev–Trinajstić information content (AvgIpc) is 2.60. The van der Waals surface area contributed by atoms with Crippen molar-refractivity contribution in [3.8, 4) is 0 Å². The van der Waals surface area contributed by atoms with E-state index in [-0.39, 0.29) is 36.6 Å². The van der Waals surface area contributed by atoms with Crippen molar-refractivity contribution in [3.63, 3.8) is 0 Å². The number of methoxy groups -OCH3 is 1. The zero-order valence-electron chi connectivity index (χ0n) is 15.0. The molecule has 0 aliphatic carbocycles. The van der Waals surface area contributed by atoms with Crippen LogP contribution in [-0.4, -0.2) is 81.1 Å². The minimum atomic E-state index is -0.0257. The van der Waals surface area contributed by atoms with E-state index < -0.39 is 0 Å². The van der Waals surface area contributed by atoms with Gasteiger partial charge in [0.1, 0.15) is 0 Å². The molecule has 26 heavy (non-hydrogen) atoms. The molecule has 0 radical (unpaired) electrons.